The number of phenols is 13. The zero-order chi connectivity index (χ0) is 77.8. The van der Waals surface area contributed by atoms with Gasteiger partial charge in [0, 0.05) is 58.7 Å². The Balaban J connectivity index is 0.000000231. The number of nitrogens with two attached hydrogens (primary N) is 1. The number of hydrogen-bond acceptors (Lipinski definition) is 39. The molecule has 39 nitrogen and oxygen atoms in total. The number of rotatable bonds is 7. The molecule has 0 aromatic heterocycles. The number of benzene rings is 6. The van der Waals surface area contributed by atoms with Gasteiger partial charge < -0.3 is 150 Å². The standard InChI is InChI=1S/C41H28O27.C27H29NO11.ClH/c42-13-1-8(2-14(43)24(13)48)34(54)67-39-33-32-30(64-38(58)12-6-19(47)40(59,60)41(61)23(12)22-11(37(57)66-33)5-17(46)27(51)31(22)68-41)18(63-39)7-62-35(55)9-3-15(44)25(49)28(52)20(9)21-10(36(56)65-32)4-16(45)26(50)29(21)53;1-10-22(31)13(28)6-17(38-10)39-15-8-27(36,16(30)9-29)7-12-19(15)26(35)21-20(24(12)33)23(32)11-4-3-5-14(37-2)18(11)25(21)34;/h1-6,18,23,30,32-33,39,42-46,48-53,59-61H,7H2;3-5,10,13,15,17,22,29,31,33,35-36H,6-9,28H2,1-2H3;1H/t18-,23+,30-,32+,33-,39+,41-;10-,13-,15-,17-,22+,27-;/m10./s1. The number of ether oxygens (including phenoxy) is 10. The Kier molecular flexibility index (Phi) is 18.8. The van der Waals surface area contributed by atoms with Crippen LogP contribution in [0, 0.1) is 0 Å². The van der Waals surface area contributed by atoms with Crippen LogP contribution in [-0.2, 0) is 58.7 Å². The minimum absolute atomic E-state index is 0. The summed E-state index contributed by atoms with van der Waals surface area (Å²) in [5.74, 6) is -40.0. The van der Waals surface area contributed by atoms with E-state index in [0.717, 1.165) is 0 Å². The molecular weight excluding hydrogens is 1470 g/mol. The van der Waals surface area contributed by atoms with E-state index in [4.69, 9.17) is 53.1 Å². The number of Topliss-reactive ketones (excluding diaryl/α,β-unsaturated/α-hetero) is 1. The van der Waals surface area contributed by atoms with Crippen molar-refractivity contribution in [1.82, 2.24) is 0 Å². The molecule has 5 aliphatic heterocycles. The first-order valence-electron chi connectivity index (χ1n) is 31.5. The van der Waals surface area contributed by atoms with E-state index < -0.39 is 300 Å². The molecule has 6 aromatic carbocycles. The van der Waals surface area contributed by atoms with Crippen LogP contribution in [0.2, 0.25) is 0 Å². The summed E-state index contributed by atoms with van der Waals surface area (Å²) in [4.78, 5) is 124. The number of fused-ring (bicyclic) bond motifs is 6. The van der Waals surface area contributed by atoms with Gasteiger partial charge in [-0.2, -0.15) is 0 Å². The van der Waals surface area contributed by atoms with Gasteiger partial charge in [-0.15, -0.1) is 12.4 Å². The van der Waals surface area contributed by atoms with E-state index in [1.54, 1.807) is 6.92 Å². The molecule has 0 unspecified atom stereocenters. The van der Waals surface area contributed by atoms with Crippen LogP contribution in [0.3, 0.4) is 0 Å². The van der Waals surface area contributed by atoms with Crippen LogP contribution >= 0.6 is 12.4 Å². The van der Waals surface area contributed by atoms with Gasteiger partial charge >= 0.3 is 29.8 Å². The van der Waals surface area contributed by atoms with E-state index in [1.807, 2.05) is 0 Å². The van der Waals surface area contributed by atoms with Gasteiger partial charge in [-0.3, -0.25) is 19.2 Å². The minimum atomic E-state index is -4.02. The predicted octanol–water partition coefficient (Wildman–Crippen LogP) is -0.678. The number of carbonyl (C=O) groups excluding carboxylic acids is 9. The van der Waals surface area contributed by atoms with E-state index in [2.05, 4.69) is 0 Å². The largest absolute Gasteiger partial charge is 0.507 e. The number of ketones is 4. The second-order valence-electron chi connectivity index (χ2n) is 25.6. The van der Waals surface area contributed by atoms with Gasteiger partial charge in [-0.05, 0) is 49.4 Å². The van der Waals surface area contributed by atoms with Crippen molar-refractivity contribution < 1.29 is 188 Å². The molecule has 0 amide bonds. The van der Waals surface area contributed by atoms with Crippen molar-refractivity contribution in [3.05, 3.63) is 121 Å². The number of phenolic OH excluding ortho intramolecular Hbond substituents is 13. The predicted molar refractivity (Wildman–Crippen MR) is 343 cm³/mol. The molecule has 2 fully saturated rings. The summed E-state index contributed by atoms with van der Waals surface area (Å²) in [5, 5.41) is 203. The van der Waals surface area contributed by atoms with E-state index in [9.17, 15) is 140 Å². The van der Waals surface area contributed by atoms with Gasteiger partial charge in [-0.1, -0.05) is 12.1 Å². The quantitative estimate of drug-likeness (QED) is 0.0309. The molecule has 21 N–H and O–H groups in total. The third-order valence-corrected chi connectivity index (χ3v) is 19.3. The second-order valence-corrected chi connectivity index (χ2v) is 25.6. The Morgan fingerprint density at radius 3 is 1.79 bits per heavy atom. The molecule has 13 atom stereocenters. The Morgan fingerprint density at radius 1 is 0.611 bits per heavy atom. The first kappa shape index (κ1) is 75.7. The lowest BCUT2D eigenvalue weighted by Gasteiger charge is -2.44. The van der Waals surface area contributed by atoms with Crippen molar-refractivity contribution in [1.29, 1.82) is 0 Å². The second kappa shape index (κ2) is 26.8. The zero-order valence-corrected chi connectivity index (χ0v) is 55.6. The number of aliphatic hydroxyl groups is 6. The van der Waals surface area contributed by atoms with Crippen LogP contribution < -0.4 is 15.2 Å². The van der Waals surface area contributed by atoms with Crippen molar-refractivity contribution >= 4 is 65.4 Å². The summed E-state index contributed by atoms with van der Waals surface area (Å²) in [6, 6.07) is 6.00. The molecule has 2 saturated heterocycles. The molecular formula is C68H58ClNO38. The molecule has 8 aliphatic rings. The van der Waals surface area contributed by atoms with Gasteiger partial charge in [-0.25, -0.2) is 24.0 Å². The van der Waals surface area contributed by atoms with Crippen molar-refractivity contribution in [2.75, 3.05) is 20.3 Å². The molecule has 5 heterocycles. The Morgan fingerprint density at radius 2 is 1.18 bits per heavy atom. The molecule has 4 bridgehead atoms. The highest BCUT2D eigenvalue weighted by Gasteiger charge is 2.71. The van der Waals surface area contributed by atoms with Gasteiger partial charge in [0.1, 0.15) is 42.2 Å². The molecule has 40 heteroatoms. The highest BCUT2D eigenvalue weighted by atomic mass is 35.5. The minimum Gasteiger partial charge on any atom is -0.507 e. The fourth-order valence-corrected chi connectivity index (χ4v) is 14.0. The average Bonchev–Trinajstić information content (AvgIpc) is 1.39. The molecule has 14 rings (SSSR count). The summed E-state index contributed by atoms with van der Waals surface area (Å²) >= 11 is 0. The summed E-state index contributed by atoms with van der Waals surface area (Å²) in [5.41, 5.74) is -5.87. The number of cyclic esters (lactones) is 1. The fraction of sp³-hybridized carbons (Fsp3) is 0.309. The average molecular weight is 1530 g/mol. The van der Waals surface area contributed by atoms with Crippen LogP contribution in [0.1, 0.15) is 122 Å². The highest BCUT2D eigenvalue weighted by molar-refractivity contribution is 6.31. The number of carbonyl (C=O) groups is 9. The van der Waals surface area contributed by atoms with Crippen LogP contribution in [-0.4, -0.2) is 243 Å². The topological polar surface area (TPSA) is 656 Å². The van der Waals surface area contributed by atoms with E-state index in [0.29, 0.717) is 30.3 Å². The van der Waals surface area contributed by atoms with Crippen molar-refractivity contribution in [2.24, 2.45) is 5.73 Å². The number of halogens is 1. The number of aliphatic hydroxyl groups excluding tert-OH is 2. The lowest BCUT2D eigenvalue weighted by atomic mass is 9.72. The van der Waals surface area contributed by atoms with Gasteiger partial charge in [0.15, 0.2) is 81.8 Å². The van der Waals surface area contributed by atoms with Crippen molar-refractivity contribution in [3.8, 4) is 97.4 Å². The number of methoxy groups -OCH3 is 1. The number of hydrogen-bond donors (Lipinski definition) is 20. The molecule has 0 radical (unpaired) electrons. The third-order valence-electron chi connectivity index (χ3n) is 19.3. The molecule has 0 spiro atoms. The van der Waals surface area contributed by atoms with Gasteiger partial charge in [0.25, 0.3) is 11.6 Å². The first-order chi connectivity index (χ1) is 50.3. The normalized spacial score (nSPS) is 27.0. The summed E-state index contributed by atoms with van der Waals surface area (Å²) in [6.45, 7) is -0.747. The highest BCUT2D eigenvalue weighted by Crippen LogP contribution is 2.61. The van der Waals surface area contributed by atoms with Crippen LogP contribution in [0.15, 0.2) is 60.2 Å². The van der Waals surface area contributed by atoms with E-state index >= 15 is 0 Å². The smallest absolute Gasteiger partial charge is 0.340 e. The Labute approximate surface area is 606 Å². The lowest BCUT2D eigenvalue weighted by Crippen LogP contribution is -2.66. The summed E-state index contributed by atoms with van der Waals surface area (Å²) in [6.07, 6.45) is -17.2. The molecule has 0 saturated carbocycles. The SMILES string of the molecule is COc1cccc2c1C(=O)c1c(O)c3c(c(O)c1C2=O)C[C@@](O)(C(=O)CO)C[C@@H]3O[C@H]1C[C@H](N)[C@H](O)[C@H](C)O1.Cl.O=C1O[C@H]2[C@@H]3OC(=O)c4cc(O)c(O)c(O)c4-c4c(cc(O)c(O)c4O)C(=O)OC[C@H]2O[C@@H](OC(=O)c2cc(O)c(O)c(O)c2)[C@@H]3OC(=O)c2cc(O)c(O)c3c2[C@@H]2C1=CC(=O)C(O)(O)[C@]2(O)O3. The monoisotopic (exact) mass is 1530 g/mol. The number of esters is 5. The Bertz CT molecular complexity index is 4970. The first-order valence-corrected chi connectivity index (χ1v) is 31.5. The lowest BCUT2D eigenvalue weighted by molar-refractivity contribution is -0.323. The summed E-state index contributed by atoms with van der Waals surface area (Å²) in [7, 11) is 1.32. The van der Waals surface area contributed by atoms with Gasteiger partial charge in [0.2, 0.25) is 41.2 Å². The van der Waals surface area contributed by atoms with E-state index in [-0.39, 0.29) is 52.9 Å². The van der Waals surface area contributed by atoms with Crippen LogP contribution in [0.25, 0.3) is 11.1 Å². The fourth-order valence-electron chi connectivity index (χ4n) is 14.0. The number of aromatic hydroxyl groups is 13. The third kappa shape index (κ3) is 11.6. The molecule has 6 aromatic rings. The zero-order valence-electron chi connectivity index (χ0n) is 54.8. The summed E-state index contributed by atoms with van der Waals surface area (Å²) < 4.78 is 56.1. The van der Waals surface area contributed by atoms with Crippen molar-refractivity contribution in [3.63, 3.8) is 0 Å². The maximum absolute atomic E-state index is 14.6. The van der Waals surface area contributed by atoms with Crippen molar-refractivity contribution in [2.45, 2.75) is 111 Å². The molecule has 108 heavy (non-hydrogen) atoms. The van der Waals surface area contributed by atoms with Gasteiger partial charge in [0.05, 0.1) is 75.9 Å². The van der Waals surface area contributed by atoms with E-state index in [1.165, 1.54) is 25.3 Å². The molecule has 3 aliphatic carbocycles. The van der Waals surface area contributed by atoms with Crippen LogP contribution in [0.4, 0.5) is 0 Å². The van der Waals surface area contributed by atoms with Crippen LogP contribution in [0.5, 0.6) is 86.2 Å². The maximum Gasteiger partial charge on any atom is 0.340 e. The Hall–Kier alpha value is -12.0. The maximum atomic E-state index is 14.6. The molecule has 570 valence electrons.